The molecule has 3 aromatic rings. The number of imide groups is 1. The summed E-state index contributed by atoms with van der Waals surface area (Å²) in [6.45, 7) is 0.561. The van der Waals surface area contributed by atoms with Crippen molar-refractivity contribution < 1.29 is 19.1 Å². The Morgan fingerprint density at radius 2 is 1.65 bits per heavy atom. The van der Waals surface area contributed by atoms with Crippen molar-refractivity contribution in [3.8, 4) is 0 Å². The lowest BCUT2D eigenvalue weighted by Gasteiger charge is -2.13. The molecule has 1 aliphatic rings. The molecule has 2 heterocycles. The van der Waals surface area contributed by atoms with Crippen LogP contribution in [-0.2, 0) is 17.6 Å². The third kappa shape index (κ3) is 4.69. The van der Waals surface area contributed by atoms with Gasteiger partial charge in [0.15, 0.2) is 0 Å². The van der Waals surface area contributed by atoms with E-state index in [1.165, 1.54) is 23.1 Å². The summed E-state index contributed by atoms with van der Waals surface area (Å²) >= 11 is 0. The van der Waals surface area contributed by atoms with Gasteiger partial charge in [-0.25, -0.2) is 4.79 Å². The number of carbonyl (C=O) groups excluding carboxylic acids is 3. The van der Waals surface area contributed by atoms with Crippen molar-refractivity contribution in [2.45, 2.75) is 19.3 Å². The molecule has 1 aliphatic heterocycles. The van der Waals surface area contributed by atoms with Crippen LogP contribution in [0.1, 0.15) is 48.6 Å². The summed E-state index contributed by atoms with van der Waals surface area (Å²) in [4.78, 5) is 43.1. The van der Waals surface area contributed by atoms with E-state index < -0.39 is 5.97 Å². The highest BCUT2D eigenvalue weighted by Crippen LogP contribution is 2.24. The third-order valence-electron chi connectivity index (χ3n) is 5.24. The molecule has 0 saturated carbocycles. The van der Waals surface area contributed by atoms with Crippen LogP contribution in [0.2, 0.25) is 0 Å². The van der Waals surface area contributed by atoms with Crippen LogP contribution in [0.25, 0.3) is 0 Å². The molecule has 2 amide bonds. The van der Waals surface area contributed by atoms with Crippen LogP contribution in [0.15, 0.2) is 73.1 Å². The molecule has 0 spiro atoms. The van der Waals surface area contributed by atoms with Crippen LogP contribution in [0.5, 0.6) is 0 Å². The minimum absolute atomic E-state index is 0.253. The second kappa shape index (κ2) is 9.34. The number of amides is 2. The highest BCUT2D eigenvalue weighted by atomic mass is 16.5. The fraction of sp³-hybridized carbons (Fsp3) is 0.200. The molecule has 0 bridgehead atoms. The van der Waals surface area contributed by atoms with Crippen LogP contribution in [-0.4, -0.2) is 40.8 Å². The fourth-order valence-electron chi connectivity index (χ4n) is 3.58. The summed E-state index contributed by atoms with van der Waals surface area (Å²) in [7, 11) is 0. The summed E-state index contributed by atoms with van der Waals surface area (Å²) in [6.07, 6.45) is 5.51. The van der Waals surface area contributed by atoms with Gasteiger partial charge >= 0.3 is 5.97 Å². The third-order valence-corrected chi connectivity index (χ3v) is 5.24. The highest BCUT2D eigenvalue weighted by molar-refractivity contribution is 6.21. The van der Waals surface area contributed by atoms with Gasteiger partial charge in [-0.3, -0.25) is 19.5 Å². The molecule has 0 aliphatic carbocycles. The first kappa shape index (κ1) is 20.5. The van der Waals surface area contributed by atoms with Crippen LogP contribution >= 0.6 is 0 Å². The average molecular weight is 414 g/mol. The van der Waals surface area contributed by atoms with E-state index in [1.807, 2.05) is 42.5 Å². The summed E-state index contributed by atoms with van der Waals surface area (Å²) in [5.41, 5.74) is 2.98. The molecule has 6 nitrogen and oxygen atoms in total. The molecule has 0 unspecified atom stereocenters. The number of esters is 1. The van der Waals surface area contributed by atoms with Gasteiger partial charge < -0.3 is 4.74 Å². The van der Waals surface area contributed by atoms with E-state index in [0.29, 0.717) is 24.9 Å². The van der Waals surface area contributed by atoms with E-state index in [-0.39, 0.29) is 29.5 Å². The number of ether oxygens (including phenoxy) is 1. The number of aryl methyl sites for hydroxylation is 1. The van der Waals surface area contributed by atoms with Crippen molar-refractivity contribution in [2.24, 2.45) is 0 Å². The normalized spacial score (nSPS) is 12.7. The predicted molar refractivity (Wildman–Crippen MR) is 115 cm³/mol. The number of hydrogen-bond donors (Lipinski definition) is 0. The molecule has 0 atom stereocenters. The lowest BCUT2D eigenvalue weighted by atomic mass is 10.1. The first-order valence-electron chi connectivity index (χ1n) is 10.2. The number of rotatable bonds is 8. The molecule has 1 aromatic heterocycles. The average Bonchev–Trinajstić information content (AvgIpc) is 3.05. The number of benzene rings is 2. The number of carbonyl (C=O) groups is 3. The van der Waals surface area contributed by atoms with E-state index >= 15 is 0 Å². The first-order valence-corrected chi connectivity index (χ1v) is 10.2. The maximum atomic E-state index is 12.8. The largest absolute Gasteiger partial charge is 0.462 e. The van der Waals surface area contributed by atoms with Crippen molar-refractivity contribution in [2.75, 3.05) is 13.2 Å². The summed E-state index contributed by atoms with van der Waals surface area (Å²) in [5.74, 6) is -1.20. The monoisotopic (exact) mass is 414 g/mol. The Labute approximate surface area is 180 Å². The molecule has 0 radical (unpaired) electrons. The van der Waals surface area contributed by atoms with Crippen LogP contribution in [0.4, 0.5) is 0 Å². The first-order chi connectivity index (χ1) is 15.1. The Kier molecular flexibility index (Phi) is 6.17. The Morgan fingerprint density at radius 1 is 0.871 bits per heavy atom. The van der Waals surface area contributed by atoms with E-state index in [2.05, 4.69) is 4.98 Å². The maximum absolute atomic E-state index is 12.8. The number of fused-ring (bicyclic) bond motifs is 1. The van der Waals surface area contributed by atoms with Gasteiger partial charge in [-0.2, -0.15) is 0 Å². The zero-order valence-corrected chi connectivity index (χ0v) is 17.0. The van der Waals surface area contributed by atoms with Crippen molar-refractivity contribution in [3.63, 3.8) is 0 Å². The molecule has 31 heavy (non-hydrogen) atoms. The van der Waals surface area contributed by atoms with Crippen molar-refractivity contribution in [3.05, 3.63) is 101 Å². The maximum Gasteiger partial charge on any atom is 0.338 e. The number of nitrogens with zero attached hydrogens (tertiary/aromatic N) is 2. The standard InChI is InChI=1S/C25H22N2O4/c28-23-21-11-10-20(25(30)31-15-5-9-19-8-4-13-26-17-19)16-22(21)24(29)27(23)14-12-18-6-2-1-3-7-18/h1-4,6-8,10-11,13,16-17H,5,9,12,14-15H2. The number of hydrogen-bond acceptors (Lipinski definition) is 5. The second-order valence-electron chi connectivity index (χ2n) is 7.36. The zero-order chi connectivity index (χ0) is 21.6. The van der Waals surface area contributed by atoms with Crippen LogP contribution < -0.4 is 0 Å². The second-order valence-corrected chi connectivity index (χ2v) is 7.36. The molecule has 6 heteroatoms. The van der Waals surface area contributed by atoms with Crippen molar-refractivity contribution in [1.82, 2.24) is 9.88 Å². The Hall–Kier alpha value is -3.80. The summed E-state index contributed by atoms with van der Waals surface area (Å²) < 4.78 is 5.33. The lowest BCUT2D eigenvalue weighted by Crippen LogP contribution is -2.31. The molecular weight excluding hydrogens is 392 g/mol. The summed E-state index contributed by atoms with van der Waals surface area (Å²) in [5, 5.41) is 0. The van der Waals surface area contributed by atoms with Crippen LogP contribution in [0, 0.1) is 0 Å². The van der Waals surface area contributed by atoms with Gasteiger partial charge in [0.1, 0.15) is 0 Å². The zero-order valence-electron chi connectivity index (χ0n) is 17.0. The number of aromatic nitrogens is 1. The Balaban J connectivity index is 1.35. The molecule has 156 valence electrons. The summed E-state index contributed by atoms with van der Waals surface area (Å²) in [6, 6.07) is 18.1. The molecule has 0 fully saturated rings. The molecule has 0 N–H and O–H groups in total. The smallest absolute Gasteiger partial charge is 0.338 e. The SMILES string of the molecule is O=C(OCCCc1cccnc1)c1ccc2c(c1)C(=O)N(CCc1ccccc1)C2=O. The quantitative estimate of drug-likeness (QED) is 0.319. The lowest BCUT2D eigenvalue weighted by molar-refractivity contribution is 0.0500. The fourth-order valence-corrected chi connectivity index (χ4v) is 3.58. The van der Waals surface area contributed by atoms with Crippen molar-refractivity contribution in [1.29, 1.82) is 0 Å². The van der Waals surface area contributed by atoms with E-state index in [4.69, 9.17) is 4.74 Å². The number of pyridine rings is 1. The minimum atomic E-state index is -0.503. The Morgan fingerprint density at radius 3 is 2.42 bits per heavy atom. The molecular formula is C25H22N2O4. The van der Waals surface area contributed by atoms with Gasteiger partial charge in [0.25, 0.3) is 11.8 Å². The highest BCUT2D eigenvalue weighted by Gasteiger charge is 2.35. The van der Waals surface area contributed by atoms with E-state index in [9.17, 15) is 14.4 Å². The van der Waals surface area contributed by atoms with Crippen LogP contribution in [0.3, 0.4) is 0 Å². The van der Waals surface area contributed by atoms with Gasteiger partial charge in [-0.15, -0.1) is 0 Å². The van der Waals surface area contributed by atoms with Gasteiger partial charge in [0.2, 0.25) is 0 Å². The van der Waals surface area contributed by atoms with Gasteiger partial charge in [0.05, 0.1) is 23.3 Å². The Bertz CT molecular complexity index is 1100. The van der Waals surface area contributed by atoms with E-state index in [0.717, 1.165) is 17.5 Å². The topological polar surface area (TPSA) is 76.6 Å². The molecule has 2 aromatic carbocycles. The van der Waals surface area contributed by atoms with Gasteiger partial charge in [-0.1, -0.05) is 36.4 Å². The minimum Gasteiger partial charge on any atom is -0.462 e. The molecule has 0 saturated heterocycles. The van der Waals surface area contributed by atoms with E-state index in [1.54, 1.807) is 12.4 Å². The molecule has 4 rings (SSSR count). The van der Waals surface area contributed by atoms with Crippen molar-refractivity contribution >= 4 is 17.8 Å². The predicted octanol–water partition coefficient (Wildman–Crippen LogP) is 3.71. The van der Waals surface area contributed by atoms with Gasteiger partial charge in [-0.05, 0) is 54.7 Å². The van der Waals surface area contributed by atoms with Gasteiger partial charge in [0, 0.05) is 18.9 Å².